The van der Waals surface area contributed by atoms with E-state index in [1.165, 1.54) is 25.9 Å². The highest BCUT2D eigenvalue weighted by molar-refractivity contribution is 5.91. The minimum Gasteiger partial charge on any atom is -0.367 e. The van der Waals surface area contributed by atoms with E-state index in [0.717, 1.165) is 6.54 Å². The Morgan fingerprint density at radius 2 is 2.11 bits per heavy atom. The number of likely N-dealkylation sites (tertiary alicyclic amines) is 1. The molecule has 0 spiro atoms. The van der Waals surface area contributed by atoms with E-state index in [1.807, 2.05) is 0 Å². The van der Waals surface area contributed by atoms with Crippen LogP contribution in [0.3, 0.4) is 0 Å². The number of carbonyl (C=O) groups excluding carboxylic acids is 1. The number of carbonyl (C=O) groups is 1. The predicted octanol–water partition coefficient (Wildman–Crippen LogP) is 0.732. The summed E-state index contributed by atoms with van der Waals surface area (Å²) in [6.45, 7) is 5.42. The molecule has 1 unspecified atom stereocenters. The van der Waals surface area contributed by atoms with Crippen molar-refractivity contribution in [1.29, 1.82) is 0 Å². The van der Waals surface area contributed by atoms with Crippen molar-refractivity contribution in [2.45, 2.75) is 25.8 Å². The van der Waals surface area contributed by atoms with Gasteiger partial charge in [-0.3, -0.25) is 9.69 Å². The van der Waals surface area contributed by atoms with Crippen molar-refractivity contribution in [2.75, 3.05) is 32.0 Å². The molecule has 1 aromatic heterocycles. The molecule has 0 aliphatic carbocycles. The molecule has 2 heterocycles. The van der Waals surface area contributed by atoms with E-state index in [-0.39, 0.29) is 5.91 Å². The summed E-state index contributed by atoms with van der Waals surface area (Å²) in [4.78, 5) is 13.8. The Morgan fingerprint density at radius 3 is 2.68 bits per heavy atom. The molecule has 2 rings (SSSR count). The van der Waals surface area contributed by atoms with Crippen LogP contribution in [0.25, 0.3) is 0 Å². The van der Waals surface area contributed by atoms with Crippen molar-refractivity contribution in [3.63, 3.8) is 0 Å². The lowest BCUT2D eigenvalue weighted by Crippen LogP contribution is -2.35. The van der Waals surface area contributed by atoms with E-state index >= 15 is 0 Å². The molecule has 1 fully saturated rings. The number of amides is 1. The predicted molar refractivity (Wildman–Crippen MR) is 74.2 cm³/mol. The van der Waals surface area contributed by atoms with E-state index in [0.29, 0.717) is 17.6 Å². The zero-order chi connectivity index (χ0) is 13.7. The van der Waals surface area contributed by atoms with E-state index in [9.17, 15) is 4.79 Å². The van der Waals surface area contributed by atoms with Crippen LogP contribution in [0.5, 0.6) is 0 Å². The van der Waals surface area contributed by atoms with Crippen LogP contribution in [0.2, 0.25) is 0 Å². The number of rotatable bonds is 5. The fourth-order valence-corrected chi connectivity index (χ4v) is 2.24. The number of anilines is 1. The van der Waals surface area contributed by atoms with Gasteiger partial charge in [0.1, 0.15) is 5.82 Å². The van der Waals surface area contributed by atoms with Crippen LogP contribution in [0, 0.1) is 0 Å². The highest BCUT2D eigenvalue weighted by Gasteiger charge is 2.17. The Morgan fingerprint density at radius 1 is 1.37 bits per heavy atom. The molecule has 1 amide bonds. The summed E-state index contributed by atoms with van der Waals surface area (Å²) in [5, 5.41) is 13.7. The second-order valence-corrected chi connectivity index (χ2v) is 4.86. The zero-order valence-electron chi connectivity index (χ0n) is 11.5. The van der Waals surface area contributed by atoms with Gasteiger partial charge in [0, 0.05) is 19.6 Å². The van der Waals surface area contributed by atoms with Crippen LogP contribution < -0.4 is 10.6 Å². The van der Waals surface area contributed by atoms with Crippen molar-refractivity contribution in [3.05, 3.63) is 17.8 Å². The van der Waals surface area contributed by atoms with Gasteiger partial charge >= 0.3 is 0 Å². The molecule has 1 aliphatic rings. The quantitative estimate of drug-likeness (QED) is 0.819. The zero-order valence-corrected chi connectivity index (χ0v) is 11.5. The minimum absolute atomic E-state index is 0.218. The molecular weight excluding hydrogens is 242 g/mol. The second kappa shape index (κ2) is 6.47. The molecule has 0 saturated carbocycles. The van der Waals surface area contributed by atoms with Gasteiger partial charge in [0.15, 0.2) is 5.69 Å². The molecule has 1 atom stereocenters. The Balaban J connectivity index is 1.84. The standard InChI is InChI=1S/C13H21N5O/c1-10(18-7-3-4-8-18)9-15-12-6-5-11(16-17-12)13(19)14-2/h5-6,10H,3-4,7-9H2,1-2H3,(H,14,19)(H,15,17). The summed E-state index contributed by atoms with van der Waals surface area (Å²) in [6, 6.07) is 3.95. The van der Waals surface area contributed by atoms with E-state index in [4.69, 9.17) is 0 Å². The third kappa shape index (κ3) is 3.64. The fourth-order valence-electron chi connectivity index (χ4n) is 2.24. The topological polar surface area (TPSA) is 70.2 Å². The Hall–Kier alpha value is -1.69. The first-order chi connectivity index (χ1) is 9.20. The van der Waals surface area contributed by atoms with Crippen LogP contribution in [0.15, 0.2) is 12.1 Å². The molecule has 0 bridgehead atoms. The summed E-state index contributed by atoms with van der Waals surface area (Å²) >= 11 is 0. The van der Waals surface area contributed by atoms with Crippen molar-refractivity contribution in [3.8, 4) is 0 Å². The van der Waals surface area contributed by atoms with Gasteiger partial charge in [0.2, 0.25) is 0 Å². The van der Waals surface area contributed by atoms with Gasteiger partial charge in [0.25, 0.3) is 5.91 Å². The van der Waals surface area contributed by atoms with Crippen LogP contribution in [-0.4, -0.2) is 53.7 Å². The van der Waals surface area contributed by atoms with Crippen molar-refractivity contribution >= 4 is 11.7 Å². The maximum Gasteiger partial charge on any atom is 0.271 e. The molecule has 2 N–H and O–H groups in total. The summed E-state index contributed by atoms with van der Waals surface area (Å²) in [5.74, 6) is 0.489. The van der Waals surface area contributed by atoms with Crippen molar-refractivity contribution in [2.24, 2.45) is 0 Å². The van der Waals surface area contributed by atoms with Gasteiger partial charge in [-0.2, -0.15) is 0 Å². The monoisotopic (exact) mass is 263 g/mol. The molecule has 0 radical (unpaired) electrons. The summed E-state index contributed by atoms with van der Waals surface area (Å²) in [5.41, 5.74) is 0.334. The van der Waals surface area contributed by atoms with Gasteiger partial charge < -0.3 is 10.6 Å². The highest BCUT2D eigenvalue weighted by atomic mass is 16.1. The maximum absolute atomic E-state index is 11.3. The van der Waals surface area contributed by atoms with E-state index < -0.39 is 0 Å². The highest BCUT2D eigenvalue weighted by Crippen LogP contribution is 2.12. The number of hydrogen-bond donors (Lipinski definition) is 2. The molecule has 19 heavy (non-hydrogen) atoms. The average molecular weight is 263 g/mol. The summed E-state index contributed by atoms with van der Waals surface area (Å²) in [7, 11) is 1.58. The third-order valence-corrected chi connectivity index (χ3v) is 3.47. The van der Waals surface area contributed by atoms with Gasteiger partial charge in [0.05, 0.1) is 0 Å². The summed E-state index contributed by atoms with van der Waals surface area (Å²) in [6.07, 6.45) is 2.59. The van der Waals surface area contributed by atoms with E-state index in [2.05, 4.69) is 32.7 Å². The molecule has 1 aromatic rings. The second-order valence-electron chi connectivity index (χ2n) is 4.86. The Bertz CT molecular complexity index is 414. The first-order valence-electron chi connectivity index (χ1n) is 6.74. The lowest BCUT2D eigenvalue weighted by atomic mass is 10.3. The van der Waals surface area contributed by atoms with Crippen LogP contribution >= 0.6 is 0 Å². The molecule has 6 heteroatoms. The summed E-state index contributed by atoms with van der Waals surface area (Å²) < 4.78 is 0. The van der Waals surface area contributed by atoms with Crippen molar-refractivity contribution < 1.29 is 4.79 Å². The van der Waals surface area contributed by atoms with Gasteiger partial charge in [-0.05, 0) is 45.0 Å². The Kier molecular flexibility index (Phi) is 4.68. The smallest absolute Gasteiger partial charge is 0.271 e. The SMILES string of the molecule is CNC(=O)c1ccc(NCC(C)N2CCCC2)nn1. The normalized spacial score (nSPS) is 17.2. The number of aromatic nitrogens is 2. The molecular formula is C13H21N5O. The van der Waals surface area contributed by atoms with E-state index in [1.54, 1.807) is 19.2 Å². The lowest BCUT2D eigenvalue weighted by molar-refractivity contribution is 0.0957. The molecule has 1 aliphatic heterocycles. The first-order valence-corrected chi connectivity index (χ1v) is 6.74. The molecule has 6 nitrogen and oxygen atoms in total. The van der Waals surface area contributed by atoms with Gasteiger partial charge in [-0.1, -0.05) is 0 Å². The van der Waals surface area contributed by atoms with Crippen LogP contribution in [0.1, 0.15) is 30.3 Å². The molecule has 1 saturated heterocycles. The number of hydrogen-bond acceptors (Lipinski definition) is 5. The molecule has 0 aromatic carbocycles. The fraction of sp³-hybridized carbons (Fsp3) is 0.615. The third-order valence-electron chi connectivity index (χ3n) is 3.47. The van der Waals surface area contributed by atoms with Crippen LogP contribution in [0.4, 0.5) is 5.82 Å². The molecule has 104 valence electrons. The minimum atomic E-state index is -0.218. The largest absolute Gasteiger partial charge is 0.367 e. The van der Waals surface area contributed by atoms with Gasteiger partial charge in [-0.25, -0.2) is 0 Å². The Labute approximate surface area is 113 Å². The van der Waals surface area contributed by atoms with Gasteiger partial charge in [-0.15, -0.1) is 10.2 Å². The van der Waals surface area contributed by atoms with Crippen molar-refractivity contribution in [1.82, 2.24) is 20.4 Å². The first kappa shape index (κ1) is 13.7. The lowest BCUT2D eigenvalue weighted by Gasteiger charge is -2.23. The average Bonchev–Trinajstić information content (AvgIpc) is 2.98. The maximum atomic E-state index is 11.3. The number of nitrogens with zero attached hydrogens (tertiary/aromatic N) is 3. The number of nitrogens with one attached hydrogen (secondary N) is 2. The van der Waals surface area contributed by atoms with Crippen LogP contribution in [-0.2, 0) is 0 Å².